The zero-order chi connectivity index (χ0) is 24.3. The van der Waals surface area contributed by atoms with Crippen LogP contribution in [0.25, 0.3) is 0 Å². The summed E-state index contributed by atoms with van der Waals surface area (Å²) < 4.78 is 40.2. The number of nitrogens with one attached hydrogen (secondary N) is 1. The number of carbonyl (C=O) groups is 1. The summed E-state index contributed by atoms with van der Waals surface area (Å²) >= 11 is 0. The Balaban J connectivity index is 1.62. The molecule has 0 saturated carbocycles. The van der Waals surface area contributed by atoms with E-state index in [9.17, 15) is 13.2 Å². The fraction of sp³-hybridized carbons (Fsp3) is 0.269. The maximum absolute atomic E-state index is 13.5. The summed E-state index contributed by atoms with van der Waals surface area (Å²) in [7, 11) is -3.87. The normalized spacial score (nSPS) is 12.8. The first-order valence-electron chi connectivity index (χ1n) is 11.2. The number of aryl methyl sites for hydroxylation is 2. The fourth-order valence-electron chi connectivity index (χ4n) is 3.85. The van der Waals surface area contributed by atoms with Crippen LogP contribution in [0.15, 0.2) is 65.6 Å². The van der Waals surface area contributed by atoms with Crippen LogP contribution < -0.4 is 14.2 Å². The van der Waals surface area contributed by atoms with Crippen molar-refractivity contribution in [2.75, 3.05) is 24.5 Å². The minimum absolute atomic E-state index is 0.0366. The van der Waals surface area contributed by atoms with Crippen molar-refractivity contribution in [3.05, 3.63) is 82.9 Å². The van der Waals surface area contributed by atoms with Gasteiger partial charge in [-0.05, 0) is 56.2 Å². The summed E-state index contributed by atoms with van der Waals surface area (Å²) in [5, 5.41) is 0. The second kappa shape index (κ2) is 9.77. The number of amides is 1. The largest absolute Gasteiger partial charge is 0.486 e. The molecule has 3 aromatic rings. The highest BCUT2D eigenvalue weighted by Gasteiger charge is 2.24. The lowest BCUT2D eigenvalue weighted by atomic mass is 10.1. The number of sulfonamides is 1. The van der Waals surface area contributed by atoms with Crippen LogP contribution in [0.4, 0.5) is 5.69 Å². The molecular formula is C26H28N2O5S. The van der Waals surface area contributed by atoms with Crippen molar-refractivity contribution in [1.82, 2.24) is 4.90 Å². The molecule has 0 aromatic heterocycles. The Hall–Kier alpha value is -3.52. The highest BCUT2D eigenvalue weighted by atomic mass is 32.2. The van der Waals surface area contributed by atoms with Crippen LogP contribution >= 0.6 is 0 Å². The Morgan fingerprint density at radius 3 is 2.50 bits per heavy atom. The molecule has 0 fully saturated rings. The Morgan fingerprint density at radius 2 is 1.74 bits per heavy atom. The molecule has 0 saturated heterocycles. The van der Waals surface area contributed by atoms with Gasteiger partial charge in [-0.2, -0.15) is 0 Å². The van der Waals surface area contributed by atoms with Gasteiger partial charge in [0.05, 0.1) is 10.6 Å². The summed E-state index contributed by atoms with van der Waals surface area (Å²) in [6.45, 7) is 7.23. The molecule has 0 spiro atoms. The van der Waals surface area contributed by atoms with Gasteiger partial charge in [-0.3, -0.25) is 9.52 Å². The lowest BCUT2D eigenvalue weighted by molar-refractivity contribution is 0.0748. The van der Waals surface area contributed by atoms with E-state index in [1.165, 1.54) is 12.1 Å². The van der Waals surface area contributed by atoms with Gasteiger partial charge in [0.2, 0.25) is 0 Å². The number of anilines is 1. The molecule has 0 bridgehead atoms. The number of para-hydroxylation sites is 2. The molecule has 0 unspecified atom stereocenters. The van der Waals surface area contributed by atoms with Crippen LogP contribution in [-0.4, -0.2) is 39.0 Å². The van der Waals surface area contributed by atoms with E-state index in [0.717, 1.165) is 11.1 Å². The van der Waals surface area contributed by atoms with Crippen LogP contribution in [0, 0.1) is 13.8 Å². The molecule has 1 heterocycles. The van der Waals surface area contributed by atoms with Crippen LogP contribution in [0.5, 0.6) is 11.5 Å². The van der Waals surface area contributed by atoms with Gasteiger partial charge in [0, 0.05) is 24.2 Å². The molecule has 1 amide bonds. The first-order valence-corrected chi connectivity index (χ1v) is 12.6. The van der Waals surface area contributed by atoms with Gasteiger partial charge in [-0.25, -0.2) is 8.42 Å². The minimum atomic E-state index is -3.87. The molecule has 0 atom stereocenters. The molecule has 34 heavy (non-hydrogen) atoms. The van der Waals surface area contributed by atoms with E-state index in [4.69, 9.17) is 9.47 Å². The molecule has 8 heteroatoms. The molecular weight excluding hydrogens is 452 g/mol. The van der Waals surface area contributed by atoms with Crippen molar-refractivity contribution in [3.63, 3.8) is 0 Å². The highest BCUT2D eigenvalue weighted by Crippen LogP contribution is 2.34. The summed E-state index contributed by atoms with van der Waals surface area (Å²) in [5.41, 5.74) is 3.20. The van der Waals surface area contributed by atoms with E-state index in [2.05, 4.69) is 4.72 Å². The van der Waals surface area contributed by atoms with E-state index < -0.39 is 10.0 Å². The first-order chi connectivity index (χ1) is 16.3. The van der Waals surface area contributed by atoms with Crippen molar-refractivity contribution in [3.8, 4) is 11.5 Å². The number of rotatable bonds is 7. The molecule has 1 aliphatic heterocycles. The third-order valence-electron chi connectivity index (χ3n) is 5.82. The van der Waals surface area contributed by atoms with E-state index in [1.54, 1.807) is 30.0 Å². The highest BCUT2D eigenvalue weighted by molar-refractivity contribution is 7.92. The Morgan fingerprint density at radius 1 is 0.971 bits per heavy atom. The lowest BCUT2D eigenvalue weighted by Gasteiger charge is -2.26. The predicted molar refractivity (Wildman–Crippen MR) is 131 cm³/mol. The quantitative estimate of drug-likeness (QED) is 0.537. The van der Waals surface area contributed by atoms with Crippen LogP contribution in [0.3, 0.4) is 0 Å². The molecule has 0 aliphatic carbocycles. The molecule has 7 nitrogen and oxygen atoms in total. The van der Waals surface area contributed by atoms with Gasteiger partial charge in [0.1, 0.15) is 13.2 Å². The third-order valence-corrected chi connectivity index (χ3v) is 7.18. The van der Waals surface area contributed by atoms with Crippen molar-refractivity contribution >= 4 is 21.6 Å². The zero-order valence-corrected chi connectivity index (χ0v) is 20.3. The first kappa shape index (κ1) is 23.6. The number of benzene rings is 3. The Labute approximate surface area is 200 Å². The van der Waals surface area contributed by atoms with Crippen LogP contribution in [0.1, 0.15) is 34.0 Å². The van der Waals surface area contributed by atoms with Crippen LogP contribution in [0.2, 0.25) is 0 Å². The summed E-state index contributed by atoms with van der Waals surface area (Å²) in [4.78, 5) is 15.2. The van der Waals surface area contributed by atoms with Crippen molar-refractivity contribution in [2.45, 2.75) is 32.2 Å². The smallest absolute Gasteiger partial charge is 0.261 e. The van der Waals surface area contributed by atoms with E-state index in [-0.39, 0.29) is 10.8 Å². The number of fused-ring (bicyclic) bond motifs is 1. The number of nitrogens with zero attached hydrogens (tertiary/aromatic N) is 1. The van der Waals surface area contributed by atoms with Crippen molar-refractivity contribution in [2.24, 2.45) is 0 Å². The zero-order valence-electron chi connectivity index (χ0n) is 19.5. The molecule has 1 N–H and O–H groups in total. The average Bonchev–Trinajstić information content (AvgIpc) is 2.83. The molecule has 3 aromatic carbocycles. The second-order valence-corrected chi connectivity index (χ2v) is 9.84. The number of hydrogen-bond donors (Lipinski definition) is 1. The number of ether oxygens (including phenoxy) is 2. The maximum Gasteiger partial charge on any atom is 0.261 e. The standard InChI is InChI=1S/C26H28N2O5S/c1-4-28(17-20-9-7-11-24-25(20)33-15-14-32-24)26(29)22-16-21(13-12-18(22)2)34(30,31)27-23-10-6-5-8-19(23)3/h5-13,16,27H,4,14-15,17H2,1-3H3. The predicted octanol–water partition coefficient (Wildman–Crippen LogP) is 4.54. The van der Waals surface area contributed by atoms with E-state index >= 15 is 0 Å². The van der Waals surface area contributed by atoms with Gasteiger partial charge >= 0.3 is 0 Å². The van der Waals surface area contributed by atoms with Gasteiger partial charge < -0.3 is 14.4 Å². The summed E-state index contributed by atoms with van der Waals surface area (Å²) in [6.07, 6.45) is 0. The van der Waals surface area contributed by atoms with Crippen molar-refractivity contribution < 1.29 is 22.7 Å². The van der Waals surface area contributed by atoms with Gasteiger partial charge in [0.15, 0.2) is 11.5 Å². The monoisotopic (exact) mass is 480 g/mol. The van der Waals surface area contributed by atoms with Gasteiger partial charge in [0.25, 0.3) is 15.9 Å². The Kier molecular flexibility index (Phi) is 6.79. The molecule has 4 rings (SSSR count). The second-order valence-electron chi connectivity index (χ2n) is 8.16. The average molecular weight is 481 g/mol. The fourth-order valence-corrected chi connectivity index (χ4v) is 5.01. The van der Waals surface area contributed by atoms with Gasteiger partial charge in [-0.15, -0.1) is 0 Å². The van der Waals surface area contributed by atoms with Crippen LogP contribution in [-0.2, 0) is 16.6 Å². The summed E-state index contributed by atoms with van der Waals surface area (Å²) in [6, 6.07) is 17.4. The summed E-state index contributed by atoms with van der Waals surface area (Å²) in [5.74, 6) is 1.07. The topological polar surface area (TPSA) is 84.9 Å². The minimum Gasteiger partial charge on any atom is -0.486 e. The number of hydrogen-bond acceptors (Lipinski definition) is 5. The lowest BCUT2D eigenvalue weighted by Crippen LogP contribution is -2.31. The van der Waals surface area contributed by atoms with Gasteiger partial charge in [-0.1, -0.05) is 36.4 Å². The SMILES string of the molecule is CCN(Cc1cccc2c1OCCO2)C(=O)c1cc(S(=O)(=O)Nc2ccccc2C)ccc1C. The van der Waals surface area contributed by atoms with E-state index in [0.29, 0.717) is 54.6 Å². The van der Waals surface area contributed by atoms with Crippen molar-refractivity contribution in [1.29, 1.82) is 0 Å². The molecule has 1 aliphatic rings. The molecule has 178 valence electrons. The van der Waals surface area contributed by atoms with E-state index in [1.807, 2.05) is 44.2 Å². The number of carbonyl (C=O) groups excluding carboxylic acids is 1. The maximum atomic E-state index is 13.5. The Bertz CT molecular complexity index is 1320. The third kappa shape index (κ3) is 4.87. The molecule has 0 radical (unpaired) electrons.